The topological polar surface area (TPSA) is 103 Å². The van der Waals surface area contributed by atoms with Gasteiger partial charge in [0, 0.05) is 0 Å². The molecule has 0 saturated heterocycles. The first-order chi connectivity index (χ1) is 14.8. The lowest BCUT2D eigenvalue weighted by atomic mass is 10.0. The van der Waals surface area contributed by atoms with E-state index in [4.69, 9.17) is 14.2 Å². The van der Waals surface area contributed by atoms with Crippen LogP contribution in [0.2, 0.25) is 0 Å². The van der Waals surface area contributed by atoms with Crippen LogP contribution in [0.3, 0.4) is 0 Å². The Hall–Kier alpha value is -3.55. The molecule has 2 N–H and O–H groups in total. The van der Waals surface area contributed by atoms with Crippen molar-refractivity contribution in [1.29, 1.82) is 0 Å². The van der Waals surface area contributed by atoms with Crippen molar-refractivity contribution >= 4 is 17.8 Å². The van der Waals surface area contributed by atoms with Crippen molar-refractivity contribution in [3.63, 3.8) is 0 Å². The maximum absolute atomic E-state index is 12.1. The van der Waals surface area contributed by atoms with E-state index in [1.165, 1.54) is 5.56 Å². The third kappa shape index (κ3) is 7.65. The van der Waals surface area contributed by atoms with E-state index in [0.29, 0.717) is 23.0 Å². The van der Waals surface area contributed by atoms with Gasteiger partial charge < -0.3 is 14.2 Å². The standard InChI is InChI=1S/C23H28N2O6/c1-5-29-23(28)18-8-10-19(11-9-18)30-14-21(26)24-25-22(27)16(4)31-20-12-6-17(7-13-20)15(2)3/h6-13,15-16H,5,14H2,1-4H3,(H,24,26)(H,25,27). The molecule has 0 radical (unpaired) electrons. The van der Waals surface area contributed by atoms with Crippen LogP contribution in [0.4, 0.5) is 0 Å². The highest BCUT2D eigenvalue weighted by Crippen LogP contribution is 2.19. The molecule has 0 heterocycles. The Morgan fingerprint density at radius 2 is 1.48 bits per heavy atom. The van der Waals surface area contributed by atoms with Crippen LogP contribution in [0.15, 0.2) is 48.5 Å². The number of ether oxygens (including phenoxy) is 3. The summed E-state index contributed by atoms with van der Waals surface area (Å²) in [6.45, 7) is 7.47. The fraction of sp³-hybridized carbons (Fsp3) is 0.348. The Labute approximate surface area is 181 Å². The molecular formula is C23H28N2O6. The highest BCUT2D eigenvalue weighted by Gasteiger charge is 2.16. The van der Waals surface area contributed by atoms with Crippen molar-refractivity contribution < 1.29 is 28.6 Å². The smallest absolute Gasteiger partial charge is 0.338 e. The molecule has 1 atom stereocenters. The Bertz CT molecular complexity index is 878. The minimum Gasteiger partial charge on any atom is -0.484 e. The van der Waals surface area contributed by atoms with Gasteiger partial charge in [0.25, 0.3) is 11.8 Å². The average Bonchev–Trinajstić information content (AvgIpc) is 2.76. The number of esters is 1. The molecule has 2 aromatic rings. The van der Waals surface area contributed by atoms with E-state index in [2.05, 4.69) is 24.7 Å². The molecule has 8 heteroatoms. The van der Waals surface area contributed by atoms with Gasteiger partial charge in [-0.3, -0.25) is 20.4 Å². The van der Waals surface area contributed by atoms with Crippen molar-refractivity contribution in [3.8, 4) is 11.5 Å². The van der Waals surface area contributed by atoms with E-state index >= 15 is 0 Å². The third-order valence-electron chi connectivity index (χ3n) is 4.29. The van der Waals surface area contributed by atoms with Crippen molar-refractivity contribution in [3.05, 3.63) is 59.7 Å². The molecule has 0 bridgehead atoms. The van der Waals surface area contributed by atoms with E-state index in [9.17, 15) is 14.4 Å². The van der Waals surface area contributed by atoms with Gasteiger partial charge in [0.05, 0.1) is 12.2 Å². The molecule has 2 rings (SSSR count). The van der Waals surface area contributed by atoms with E-state index < -0.39 is 23.9 Å². The zero-order valence-electron chi connectivity index (χ0n) is 18.1. The Morgan fingerprint density at radius 3 is 2.06 bits per heavy atom. The molecule has 1 unspecified atom stereocenters. The van der Waals surface area contributed by atoms with E-state index in [-0.39, 0.29) is 13.2 Å². The second-order valence-corrected chi connectivity index (χ2v) is 7.05. The lowest BCUT2D eigenvalue weighted by Gasteiger charge is -2.16. The highest BCUT2D eigenvalue weighted by molar-refractivity contribution is 5.89. The first-order valence-corrected chi connectivity index (χ1v) is 10.1. The summed E-state index contributed by atoms with van der Waals surface area (Å²) in [5.74, 6) is -0.107. The van der Waals surface area contributed by atoms with Crippen molar-refractivity contribution in [2.45, 2.75) is 39.7 Å². The molecule has 2 aromatic carbocycles. The molecule has 8 nitrogen and oxygen atoms in total. The molecular weight excluding hydrogens is 400 g/mol. The number of nitrogens with one attached hydrogen (secondary N) is 2. The second-order valence-electron chi connectivity index (χ2n) is 7.05. The summed E-state index contributed by atoms with van der Waals surface area (Å²) in [6.07, 6.45) is -0.804. The minimum atomic E-state index is -0.804. The minimum absolute atomic E-state index is 0.289. The largest absolute Gasteiger partial charge is 0.484 e. The number of benzene rings is 2. The summed E-state index contributed by atoms with van der Waals surface area (Å²) >= 11 is 0. The number of rotatable bonds is 9. The number of amides is 2. The molecule has 0 saturated carbocycles. The number of carbonyl (C=O) groups excluding carboxylic acids is 3. The number of hydrogen-bond donors (Lipinski definition) is 2. The SMILES string of the molecule is CCOC(=O)c1ccc(OCC(=O)NNC(=O)C(C)Oc2ccc(C(C)C)cc2)cc1. The van der Waals surface area contributed by atoms with E-state index in [1.54, 1.807) is 50.2 Å². The second kappa shape index (κ2) is 11.6. The summed E-state index contributed by atoms with van der Waals surface area (Å²) in [4.78, 5) is 35.6. The molecule has 2 amide bonds. The van der Waals surface area contributed by atoms with Crippen LogP contribution in [-0.4, -0.2) is 37.1 Å². The summed E-state index contributed by atoms with van der Waals surface area (Å²) in [7, 11) is 0. The van der Waals surface area contributed by atoms with E-state index in [1.807, 2.05) is 12.1 Å². The predicted molar refractivity (Wildman–Crippen MR) is 115 cm³/mol. The van der Waals surface area contributed by atoms with Gasteiger partial charge in [-0.2, -0.15) is 0 Å². The zero-order valence-corrected chi connectivity index (χ0v) is 18.1. The van der Waals surface area contributed by atoms with Crippen LogP contribution in [0.1, 0.15) is 49.5 Å². The summed E-state index contributed by atoms with van der Waals surface area (Å²) < 4.78 is 15.8. The van der Waals surface area contributed by atoms with Gasteiger partial charge in [-0.1, -0.05) is 26.0 Å². The fourth-order valence-corrected chi connectivity index (χ4v) is 2.51. The van der Waals surface area contributed by atoms with Gasteiger partial charge in [0.15, 0.2) is 12.7 Å². The van der Waals surface area contributed by atoms with Crippen LogP contribution < -0.4 is 20.3 Å². The first kappa shape index (κ1) is 23.7. The van der Waals surface area contributed by atoms with Gasteiger partial charge >= 0.3 is 5.97 Å². The quantitative estimate of drug-likeness (QED) is 0.470. The van der Waals surface area contributed by atoms with Crippen LogP contribution in [0, 0.1) is 0 Å². The molecule has 0 fully saturated rings. The lowest BCUT2D eigenvalue weighted by Crippen LogP contribution is -2.48. The molecule has 0 aromatic heterocycles. The molecule has 0 aliphatic carbocycles. The maximum Gasteiger partial charge on any atom is 0.338 e. The fourth-order valence-electron chi connectivity index (χ4n) is 2.51. The van der Waals surface area contributed by atoms with Crippen molar-refractivity contribution in [2.75, 3.05) is 13.2 Å². The summed E-state index contributed by atoms with van der Waals surface area (Å²) in [5, 5.41) is 0. The summed E-state index contributed by atoms with van der Waals surface area (Å²) in [5.41, 5.74) is 6.14. The first-order valence-electron chi connectivity index (χ1n) is 10.1. The number of hydrogen-bond acceptors (Lipinski definition) is 6. The van der Waals surface area contributed by atoms with Crippen molar-refractivity contribution in [1.82, 2.24) is 10.9 Å². The Balaban J connectivity index is 1.73. The van der Waals surface area contributed by atoms with Crippen LogP contribution >= 0.6 is 0 Å². The Morgan fingerprint density at radius 1 is 0.871 bits per heavy atom. The predicted octanol–water partition coefficient (Wildman–Crippen LogP) is 2.98. The molecule has 166 valence electrons. The normalized spacial score (nSPS) is 11.4. The van der Waals surface area contributed by atoms with Crippen LogP contribution in [0.5, 0.6) is 11.5 Å². The van der Waals surface area contributed by atoms with E-state index in [0.717, 1.165) is 0 Å². The van der Waals surface area contributed by atoms with Gasteiger partial charge in [0.2, 0.25) is 0 Å². The molecule has 0 aliphatic heterocycles. The highest BCUT2D eigenvalue weighted by atomic mass is 16.5. The Kier molecular flexibility index (Phi) is 8.87. The zero-order chi connectivity index (χ0) is 22.8. The van der Waals surface area contributed by atoms with Gasteiger partial charge in [-0.25, -0.2) is 4.79 Å². The van der Waals surface area contributed by atoms with Crippen LogP contribution in [0.25, 0.3) is 0 Å². The maximum atomic E-state index is 12.1. The van der Waals surface area contributed by atoms with Crippen LogP contribution in [-0.2, 0) is 14.3 Å². The molecule has 31 heavy (non-hydrogen) atoms. The van der Waals surface area contributed by atoms with Crippen molar-refractivity contribution in [2.24, 2.45) is 0 Å². The molecule has 0 spiro atoms. The third-order valence-corrected chi connectivity index (χ3v) is 4.29. The van der Waals surface area contributed by atoms with Gasteiger partial charge in [-0.15, -0.1) is 0 Å². The lowest BCUT2D eigenvalue weighted by molar-refractivity contribution is -0.133. The molecule has 0 aliphatic rings. The summed E-state index contributed by atoms with van der Waals surface area (Å²) in [6, 6.07) is 13.7. The van der Waals surface area contributed by atoms with Gasteiger partial charge in [0.1, 0.15) is 11.5 Å². The number of carbonyl (C=O) groups is 3. The monoisotopic (exact) mass is 428 g/mol. The van der Waals surface area contributed by atoms with Gasteiger partial charge in [-0.05, 0) is 61.7 Å². The number of hydrazine groups is 1. The average molecular weight is 428 g/mol.